The molecule has 1 rings (SSSR count). The minimum absolute atomic E-state index is 0.134. The van der Waals surface area contributed by atoms with Gasteiger partial charge in [0.25, 0.3) is 0 Å². The van der Waals surface area contributed by atoms with E-state index in [1.807, 2.05) is 0 Å². The maximum Gasteiger partial charge on any atom is 0.353 e. The Labute approximate surface area is 129 Å². The van der Waals surface area contributed by atoms with Gasteiger partial charge in [-0.2, -0.15) is 4.98 Å². The summed E-state index contributed by atoms with van der Waals surface area (Å²) >= 11 is 0. The zero-order valence-corrected chi connectivity index (χ0v) is 13.6. The monoisotopic (exact) mass is 331 g/mol. The van der Waals surface area contributed by atoms with Gasteiger partial charge in [0.15, 0.2) is 0 Å². The van der Waals surface area contributed by atoms with Gasteiger partial charge in [0, 0.05) is 24.5 Å². The average Bonchev–Trinajstić information content (AvgIpc) is 2.46. The first-order valence-corrected chi connectivity index (χ1v) is 8.57. The van der Waals surface area contributed by atoms with Crippen molar-refractivity contribution < 1.29 is 18.7 Å². The fourth-order valence-corrected chi connectivity index (χ4v) is 3.14. The van der Waals surface area contributed by atoms with Gasteiger partial charge in [-0.15, -0.1) is 0 Å². The lowest BCUT2D eigenvalue weighted by Gasteiger charge is -2.15. The highest BCUT2D eigenvalue weighted by Gasteiger charge is 2.20. The number of aliphatic hydroxyl groups excluding tert-OH is 1. The summed E-state index contributed by atoms with van der Waals surface area (Å²) in [5.41, 5.74) is 4.91. The molecule has 0 bridgehead atoms. The van der Waals surface area contributed by atoms with Gasteiger partial charge >= 0.3 is 13.3 Å². The van der Waals surface area contributed by atoms with Gasteiger partial charge in [-0.3, -0.25) is 9.13 Å². The molecule has 1 unspecified atom stereocenters. The fraction of sp³-hybridized carbons (Fsp3) is 0.538. The quantitative estimate of drug-likeness (QED) is 0.653. The molecule has 0 fully saturated rings. The SMILES string of the molecule is CCOP(=O)(C=CC(CO)Cn1ccc(N)nc1=O)OCC. The lowest BCUT2D eigenvalue weighted by atomic mass is 10.1. The highest BCUT2D eigenvalue weighted by Crippen LogP contribution is 2.49. The van der Waals surface area contributed by atoms with E-state index in [2.05, 4.69) is 4.98 Å². The lowest BCUT2D eigenvalue weighted by Crippen LogP contribution is -2.27. The molecule has 0 amide bonds. The predicted molar refractivity (Wildman–Crippen MR) is 83.5 cm³/mol. The number of hydrogen-bond acceptors (Lipinski definition) is 7. The van der Waals surface area contributed by atoms with E-state index in [0.29, 0.717) is 0 Å². The van der Waals surface area contributed by atoms with E-state index in [1.54, 1.807) is 13.8 Å². The van der Waals surface area contributed by atoms with E-state index in [4.69, 9.17) is 14.8 Å². The van der Waals surface area contributed by atoms with Crippen molar-refractivity contribution in [3.63, 3.8) is 0 Å². The average molecular weight is 331 g/mol. The molecule has 1 aromatic heterocycles. The highest BCUT2D eigenvalue weighted by atomic mass is 31.2. The number of nitrogens with zero attached hydrogens (tertiary/aromatic N) is 2. The molecule has 124 valence electrons. The third-order valence-electron chi connectivity index (χ3n) is 2.72. The van der Waals surface area contributed by atoms with E-state index >= 15 is 0 Å². The summed E-state index contributed by atoms with van der Waals surface area (Å²) in [5.74, 6) is 1.02. The molecular weight excluding hydrogens is 309 g/mol. The normalized spacial score (nSPS) is 13.6. The zero-order valence-electron chi connectivity index (χ0n) is 12.7. The lowest BCUT2D eigenvalue weighted by molar-refractivity contribution is 0.226. The standard InChI is InChI=1S/C13H22N3O5P/c1-3-20-22(19,21-4-2)8-6-11(10-17)9-16-7-5-12(14)15-13(16)18/h5-8,11,17H,3-4,9-10H2,1-2H3,(H2,14,15,18). The van der Waals surface area contributed by atoms with Gasteiger partial charge in [0.05, 0.1) is 19.8 Å². The van der Waals surface area contributed by atoms with E-state index in [1.165, 1.54) is 28.7 Å². The van der Waals surface area contributed by atoms with Crippen LogP contribution in [-0.2, 0) is 20.2 Å². The van der Waals surface area contributed by atoms with Crippen molar-refractivity contribution in [2.45, 2.75) is 20.4 Å². The number of anilines is 1. The summed E-state index contributed by atoms with van der Waals surface area (Å²) in [7, 11) is -3.33. The second kappa shape index (κ2) is 8.85. The third-order valence-corrected chi connectivity index (χ3v) is 4.49. The molecule has 1 heterocycles. The molecular formula is C13H22N3O5P. The summed E-state index contributed by atoms with van der Waals surface area (Å²) in [6.45, 7) is 3.85. The first kappa shape index (κ1) is 18.6. The Balaban J connectivity index is 2.85. The van der Waals surface area contributed by atoms with Gasteiger partial charge in [0.1, 0.15) is 5.82 Å². The topological polar surface area (TPSA) is 117 Å². The summed E-state index contributed by atoms with van der Waals surface area (Å²) in [6, 6.07) is 1.49. The molecule has 0 spiro atoms. The van der Waals surface area contributed by atoms with Crippen LogP contribution in [0, 0.1) is 5.92 Å². The van der Waals surface area contributed by atoms with Crippen molar-refractivity contribution in [3.05, 3.63) is 34.6 Å². The van der Waals surface area contributed by atoms with Crippen molar-refractivity contribution >= 4 is 13.4 Å². The molecule has 1 atom stereocenters. The van der Waals surface area contributed by atoms with Crippen molar-refractivity contribution in [2.24, 2.45) is 5.92 Å². The van der Waals surface area contributed by atoms with Crippen molar-refractivity contribution in [3.8, 4) is 0 Å². The van der Waals surface area contributed by atoms with Crippen molar-refractivity contribution in [1.29, 1.82) is 0 Å². The highest BCUT2D eigenvalue weighted by molar-refractivity contribution is 7.57. The molecule has 0 saturated heterocycles. The molecule has 0 radical (unpaired) electrons. The smallest absolute Gasteiger partial charge is 0.353 e. The Morgan fingerprint density at radius 1 is 1.45 bits per heavy atom. The van der Waals surface area contributed by atoms with Crippen LogP contribution < -0.4 is 11.4 Å². The summed E-state index contributed by atoms with van der Waals surface area (Å²) in [6.07, 6.45) is 3.01. The Bertz CT molecular complexity index is 592. The molecule has 1 aromatic rings. The zero-order chi connectivity index (χ0) is 16.6. The number of nitrogen functional groups attached to an aromatic ring is 1. The van der Waals surface area contributed by atoms with E-state index < -0.39 is 19.2 Å². The van der Waals surface area contributed by atoms with Gasteiger partial charge < -0.3 is 19.9 Å². The molecule has 9 heteroatoms. The Hall–Kier alpha value is -1.47. The van der Waals surface area contributed by atoms with Crippen LogP contribution in [0.2, 0.25) is 0 Å². The van der Waals surface area contributed by atoms with Gasteiger partial charge in [-0.05, 0) is 19.9 Å². The van der Waals surface area contributed by atoms with Crippen molar-refractivity contribution in [1.82, 2.24) is 9.55 Å². The molecule has 0 saturated carbocycles. The second-order valence-corrected chi connectivity index (χ2v) is 6.34. The van der Waals surface area contributed by atoms with Crippen LogP contribution in [0.4, 0.5) is 5.82 Å². The minimum Gasteiger partial charge on any atom is -0.396 e. The molecule has 0 aromatic carbocycles. The summed E-state index contributed by atoms with van der Waals surface area (Å²) < 4.78 is 23.8. The summed E-state index contributed by atoms with van der Waals surface area (Å²) in [5, 5.41) is 9.41. The Morgan fingerprint density at radius 3 is 2.59 bits per heavy atom. The van der Waals surface area contributed by atoms with Crippen molar-refractivity contribution in [2.75, 3.05) is 25.6 Å². The van der Waals surface area contributed by atoms with E-state index in [-0.39, 0.29) is 32.2 Å². The number of aliphatic hydroxyl groups is 1. The van der Waals surface area contributed by atoms with Crippen LogP contribution in [0.25, 0.3) is 0 Å². The van der Waals surface area contributed by atoms with Crippen LogP contribution in [-0.4, -0.2) is 34.5 Å². The van der Waals surface area contributed by atoms with E-state index in [0.717, 1.165) is 0 Å². The molecule has 0 aliphatic carbocycles. The van der Waals surface area contributed by atoms with Gasteiger partial charge in [0.2, 0.25) is 0 Å². The molecule has 0 aliphatic rings. The van der Waals surface area contributed by atoms with Crippen LogP contribution in [0.15, 0.2) is 29.0 Å². The van der Waals surface area contributed by atoms with Crippen LogP contribution >= 0.6 is 7.60 Å². The first-order chi connectivity index (χ1) is 10.4. The van der Waals surface area contributed by atoms with Crippen LogP contribution in [0.5, 0.6) is 0 Å². The number of nitrogens with two attached hydrogens (primary N) is 1. The minimum atomic E-state index is -3.33. The predicted octanol–water partition coefficient (Wildman–Crippen LogP) is 1.21. The number of rotatable bonds is 9. The van der Waals surface area contributed by atoms with Gasteiger partial charge in [-0.25, -0.2) is 4.79 Å². The number of aromatic nitrogens is 2. The summed E-state index contributed by atoms with van der Waals surface area (Å²) in [4.78, 5) is 15.3. The molecule has 22 heavy (non-hydrogen) atoms. The fourth-order valence-electron chi connectivity index (χ4n) is 1.72. The Kier molecular flexibility index (Phi) is 7.47. The molecule has 8 nitrogen and oxygen atoms in total. The van der Waals surface area contributed by atoms with Crippen LogP contribution in [0.3, 0.4) is 0 Å². The molecule has 3 N–H and O–H groups in total. The second-order valence-electron chi connectivity index (χ2n) is 4.45. The largest absolute Gasteiger partial charge is 0.396 e. The first-order valence-electron chi connectivity index (χ1n) is 6.96. The maximum absolute atomic E-state index is 12.3. The van der Waals surface area contributed by atoms with E-state index in [9.17, 15) is 14.5 Å². The van der Waals surface area contributed by atoms with Gasteiger partial charge in [-0.1, -0.05) is 6.08 Å². The van der Waals surface area contributed by atoms with Crippen LogP contribution in [0.1, 0.15) is 13.8 Å². The molecule has 0 aliphatic heterocycles. The maximum atomic E-state index is 12.3. The Morgan fingerprint density at radius 2 is 2.09 bits per heavy atom. The number of hydrogen-bond donors (Lipinski definition) is 2. The third kappa shape index (κ3) is 5.73.